The molecular weight excluding hydrogens is 474 g/mol. The number of amides is 1. The van der Waals surface area contributed by atoms with Crippen LogP contribution < -0.4 is 5.56 Å². The maximum atomic E-state index is 13.3. The molecule has 2 saturated heterocycles. The molecule has 0 bridgehead atoms. The molecule has 3 heterocycles. The Bertz CT molecular complexity index is 1080. The second-order valence-electron chi connectivity index (χ2n) is 10.3. The summed E-state index contributed by atoms with van der Waals surface area (Å²) in [5.74, 6) is -0.553. The molecule has 3 N–H and O–H groups in total. The van der Waals surface area contributed by atoms with Crippen molar-refractivity contribution in [2.45, 2.75) is 57.3 Å². The zero-order valence-corrected chi connectivity index (χ0v) is 21.2. The Morgan fingerprint density at radius 3 is 2.41 bits per heavy atom. The fourth-order valence-corrected chi connectivity index (χ4v) is 5.25. The van der Waals surface area contributed by atoms with Gasteiger partial charge in [0.15, 0.2) is 0 Å². The minimum absolute atomic E-state index is 0.146. The Hall–Kier alpha value is -3.01. The number of nitrogens with zero attached hydrogens (tertiary/aromatic N) is 2. The number of rotatable bonds is 3. The van der Waals surface area contributed by atoms with Crippen LogP contribution in [0.4, 0.5) is 0 Å². The Balaban J connectivity index is 1.43. The first kappa shape index (κ1) is 27.0. The molecular formula is C28H37N3O6. The Labute approximate surface area is 217 Å². The van der Waals surface area contributed by atoms with E-state index in [2.05, 4.69) is 22.0 Å². The summed E-state index contributed by atoms with van der Waals surface area (Å²) in [5, 5.41) is 20.9. The summed E-state index contributed by atoms with van der Waals surface area (Å²) in [4.78, 5) is 44.3. The van der Waals surface area contributed by atoms with Crippen molar-refractivity contribution in [2.24, 2.45) is 5.41 Å². The molecule has 1 aromatic carbocycles. The number of H-pyrrole nitrogens is 1. The molecule has 0 radical (unpaired) electrons. The highest BCUT2D eigenvalue weighted by Crippen LogP contribution is 2.38. The zero-order chi connectivity index (χ0) is 26.3. The van der Waals surface area contributed by atoms with E-state index >= 15 is 0 Å². The second-order valence-corrected chi connectivity index (χ2v) is 10.3. The summed E-state index contributed by atoms with van der Waals surface area (Å²) in [7, 11) is 0. The number of carbonyl (C=O) groups is 2. The van der Waals surface area contributed by atoms with Crippen LogP contribution in [0.15, 0.2) is 53.5 Å². The van der Waals surface area contributed by atoms with E-state index in [1.165, 1.54) is 23.9 Å². The van der Waals surface area contributed by atoms with Gasteiger partial charge in [0, 0.05) is 31.9 Å². The molecule has 37 heavy (non-hydrogen) atoms. The minimum Gasteiger partial charge on any atom is -0.462 e. The fraction of sp³-hybridized carbons (Fsp3) is 0.536. The number of benzene rings is 1. The summed E-state index contributed by atoms with van der Waals surface area (Å²) in [6, 6.07) is 13.0. The fourth-order valence-electron chi connectivity index (χ4n) is 5.25. The van der Waals surface area contributed by atoms with Crippen molar-refractivity contribution in [1.29, 1.82) is 0 Å². The summed E-state index contributed by atoms with van der Waals surface area (Å²) in [6.07, 6.45) is 2.58. The van der Waals surface area contributed by atoms with Crippen LogP contribution in [0.1, 0.15) is 54.4 Å². The van der Waals surface area contributed by atoms with Crippen molar-refractivity contribution in [3.05, 3.63) is 70.1 Å². The highest BCUT2D eigenvalue weighted by Gasteiger charge is 2.42. The summed E-state index contributed by atoms with van der Waals surface area (Å²) >= 11 is 0. The van der Waals surface area contributed by atoms with E-state index in [9.17, 15) is 24.6 Å². The first-order valence-electron chi connectivity index (χ1n) is 13.1. The highest BCUT2D eigenvalue weighted by molar-refractivity contribution is 5.93. The van der Waals surface area contributed by atoms with Crippen molar-refractivity contribution in [1.82, 2.24) is 14.8 Å². The molecule has 2 fully saturated rings. The van der Waals surface area contributed by atoms with E-state index in [0.717, 1.165) is 26.1 Å². The smallest absolute Gasteiger partial charge is 0.312 e. The lowest BCUT2D eigenvalue weighted by Crippen LogP contribution is -2.45. The van der Waals surface area contributed by atoms with Gasteiger partial charge in [0.2, 0.25) is 5.56 Å². The van der Waals surface area contributed by atoms with Gasteiger partial charge in [0.25, 0.3) is 5.91 Å². The molecule has 0 saturated carbocycles. The van der Waals surface area contributed by atoms with Gasteiger partial charge in [0.05, 0.1) is 17.1 Å². The molecule has 9 nitrogen and oxygen atoms in total. The maximum absolute atomic E-state index is 13.3. The number of aliphatic hydroxyl groups excluding tert-OH is 2. The van der Waals surface area contributed by atoms with Crippen LogP contribution >= 0.6 is 0 Å². The number of nitrogens with one attached hydrogen (secondary N) is 1. The van der Waals surface area contributed by atoms with Gasteiger partial charge < -0.3 is 24.8 Å². The lowest BCUT2D eigenvalue weighted by atomic mass is 9.74. The van der Waals surface area contributed by atoms with E-state index in [1.54, 1.807) is 4.90 Å². The van der Waals surface area contributed by atoms with Crippen molar-refractivity contribution in [3.8, 4) is 0 Å². The first-order chi connectivity index (χ1) is 17.9. The van der Waals surface area contributed by atoms with Gasteiger partial charge in [-0.1, -0.05) is 36.8 Å². The number of hydrogen-bond acceptors (Lipinski definition) is 7. The Kier molecular flexibility index (Phi) is 9.13. The lowest BCUT2D eigenvalue weighted by molar-refractivity contribution is -0.165. The normalized spacial score (nSPS) is 23.9. The molecule has 2 aliphatic heterocycles. The van der Waals surface area contributed by atoms with Crippen molar-refractivity contribution in [3.63, 3.8) is 0 Å². The zero-order valence-electron chi connectivity index (χ0n) is 21.2. The largest absolute Gasteiger partial charge is 0.462 e. The number of cyclic esters (lactones) is 1. The molecule has 1 aromatic heterocycles. The Morgan fingerprint density at radius 2 is 1.70 bits per heavy atom. The summed E-state index contributed by atoms with van der Waals surface area (Å²) in [6.45, 7) is 2.79. The predicted octanol–water partition coefficient (Wildman–Crippen LogP) is 1.94. The van der Waals surface area contributed by atoms with Crippen LogP contribution in [-0.2, 0) is 16.1 Å². The third-order valence-corrected chi connectivity index (χ3v) is 7.67. The van der Waals surface area contributed by atoms with Gasteiger partial charge in [-0.05, 0) is 56.8 Å². The molecule has 200 valence electrons. The SMILES string of the molecule is O=C(c1ccc(=O)[nH]c1)N1CCCCC2(CCN(Cc3ccccc3)CC2)C(=O)OC[C@@H](O)[C@@H](O)CC1. The van der Waals surface area contributed by atoms with Gasteiger partial charge in [0.1, 0.15) is 12.7 Å². The molecule has 9 heteroatoms. The maximum Gasteiger partial charge on any atom is 0.312 e. The number of likely N-dealkylation sites (tertiary alicyclic amines) is 1. The number of aliphatic hydroxyl groups is 2. The first-order valence-corrected chi connectivity index (χ1v) is 13.1. The van der Waals surface area contributed by atoms with Gasteiger partial charge >= 0.3 is 5.97 Å². The standard InChI is InChI=1S/C28H37N3O6/c32-23-10-15-31(26(35)22-8-9-25(34)29-18-22)14-5-4-11-28(27(36)37-20-24(23)33)12-16-30(17-13-28)19-21-6-2-1-3-7-21/h1-3,6-9,18,23-24,32-33H,4-5,10-17,19-20H2,(H,29,34)/t23-,24+/m0/s1. The Morgan fingerprint density at radius 1 is 0.946 bits per heavy atom. The molecule has 1 spiro atoms. The van der Waals surface area contributed by atoms with Crippen molar-refractivity contribution >= 4 is 11.9 Å². The van der Waals surface area contributed by atoms with E-state index < -0.39 is 17.6 Å². The molecule has 2 atom stereocenters. The van der Waals surface area contributed by atoms with E-state index in [0.29, 0.717) is 37.8 Å². The van der Waals surface area contributed by atoms with E-state index in [1.807, 2.05) is 18.2 Å². The molecule has 2 aliphatic rings. The van der Waals surface area contributed by atoms with Crippen molar-refractivity contribution in [2.75, 3.05) is 32.8 Å². The number of aromatic amines is 1. The van der Waals surface area contributed by atoms with Crippen LogP contribution in [0.25, 0.3) is 0 Å². The average molecular weight is 512 g/mol. The predicted molar refractivity (Wildman–Crippen MR) is 138 cm³/mol. The minimum atomic E-state index is -1.23. The van der Waals surface area contributed by atoms with Crippen LogP contribution in [0.5, 0.6) is 0 Å². The molecule has 2 aromatic rings. The molecule has 0 aliphatic carbocycles. The highest BCUT2D eigenvalue weighted by atomic mass is 16.5. The summed E-state index contributed by atoms with van der Waals surface area (Å²) < 4.78 is 5.56. The van der Waals surface area contributed by atoms with Gasteiger partial charge in [-0.2, -0.15) is 0 Å². The van der Waals surface area contributed by atoms with Gasteiger partial charge in [-0.25, -0.2) is 0 Å². The van der Waals surface area contributed by atoms with Crippen LogP contribution in [-0.4, -0.2) is 81.9 Å². The topological polar surface area (TPSA) is 123 Å². The number of esters is 1. The summed E-state index contributed by atoms with van der Waals surface area (Å²) in [5.41, 5.74) is 0.671. The monoisotopic (exact) mass is 511 g/mol. The number of piperidine rings is 1. The van der Waals surface area contributed by atoms with Crippen LogP contribution in [0, 0.1) is 5.41 Å². The number of carbonyl (C=O) groups excluding carboxylic acids is 2. The number of ether oxygens (including phenoxy) is 1. The molecule has 0 unspecified atom stereocenters. The van der Waals surface area contributed by atoms with Crippen LogP contribution in [0.2, 0.25) is 0 Å². The van der Waals surface area contributed by atoms with Gasteiger partial charge in [-0.3, -0.25) is 19.3 Å². The lowest BCUT2D eigenvalue weighted by Gasteiger charge is -2.40. The van der Waals surface area contributed by atoms with E-state index in [4.69, 9.17) is 4.74 Å². The van der Waals surface area contributed by atoms with Crippen molar-refractivity contribution < 1.29 is 24.5 Å². The third kappa shape index (κ3) is 7.06. The molecule has 1 amide bonds. The second kappa shape index (κ2) is 12.5. The number of aromatic nitrogens is 1. The van der Waals surface area contributed by atoms with E-state index in [-0.39, 0.29) is 37.0 Å². The van der Waals surface area contributed by atoms with Gasteiger partial charge in [-0.15, -0.1) is 0 Å². The average Bonchev–Trinajstić information content (AvgIpc) is 2.92. The third-order valence-electron chi connectivity index (χ3n) is 7.67. The van der Waals surface area contributed by atoms with Crippen LogP contribution in [0.3, 0.4) is 0 Å². The number of pyridine rings is 1. The quantitative estimate of drug-likeness (QED) is 0.538. The number of hydrogen-bond donors (Lipinski definition) is 3. The molecule has 4 rings (SSSR count).